The van der Waals surface area contributed by atoms with Gasteiger partial charge in [0.15, 0.2) is 5.82 Å². The Morgan fingerprint density at radius 1 is 1.07 bits per heavy atom. The molecule has 7 nitrogen and oxygen atoms in total. The van der Waals surface area contributed by atoms with Crippen LogP contribution in [-0.4, -0.2) is 38.4 Å². The molecule has 0 atom stereocenters. The van der Waals surface area contributed by atoms with Crippen molar-refractivity contribution in [2.75, 3.05) is 7.11 Å². The number of fused-ring (bicyclic) bond motifs is 1. The van der Waals surface area contributed by atoms with Crippen LogP contribution in [0.2, 0.25) is 0 Å². The lowest BCUT2D eigenvalue weighted by Gasteiger charge is -2.13. The third-order valence-corrected chi connectivity index (χ3v) is 5.41. The van der Waals surface area contributed by atoms with Crippen LogP contribution in [0.15, 0.2) is 65.3 Å². The lowest BCUT2D eigenvalue weighted by atomic mass is 9.97. The molecule has 0 spiro atoms. The summed E-state index contributed by atoms with van der Waals surface area (Å²) in [4.78, 5) is 8.54. The van der Waals surface area contributed by atoms with Crippen LogP contribution in [0.1, 0.15) is 24.2 Å². The zero-order valence-electron chi connectivity index (χ0n) is 16.7. The molecule has 1 aliphatic rings. The van der Waals surface area contributed by atoms with Gasteiger partial charge in [-0.1, -0.05) is 36.4 Å². The minimum absolute atomic E-state index is 0.618. The molecule has 0 radical (unpaired) electrons. The first-order valence-electron chi connectivity index (χ1n) is 10.0. The number of rotatable bonds is 6. The van der Waals surface area contributed by atoms with Crippen molar-refractivity contribution in [1.29, 1.82) is 0 Å². The second-order valence-electron chi connectivity index (χ2n) is 7.37. The minimum atomic E-state index is 0.618. The van der Waals surface area contributed by atoms with Gasteiger partial charge in [0, 0.05) is 34.8 Å². The third kappa shape index (κ3) is 3.61. The summed E-state index contributed by atoms with van der Waals surface area (Å²) in [6.07, 6.45) is 5.52. The van der Waals surface area contributed by atoms with Crippen LogP contribution in [0.3, 0.4) is 0 Å². The van der Waals surface area contributed by atoms with Gasteiger partial charge in [-0.3, -0.25) is 4.99 Å². The number of benzene rings is 2. The van der Waals surface area contributed by atoms with Crippen molar-refractivity contribution in [3.8, 4) is 17.0 Å². The SMILES string of the molecule is COc1ccc2c(CC3=NC(Cc4nnn[nH]4)=CCC3)c(-c3ccccc3)[nH]c2c1. The Morgan fingerprint density at radius 2 is 1.97 bits per heavy atom. The van der Waals surface area contributed by atoms with Crippen molar-refractivity contribution in [3.63, 3.8) is 0 Å². The molecule has 0 amide bonds. The standard InChI is InChI=1S/C23H22N6O/c1-30-18-10-11-19-20(23(25-21(19)14-18)15-6-3-2-4-7-15)12-16-8-5-9-17(24-16)13-22-26-28-29-27-22/h2-4,6-7,9-11,14,25H,5,8,12-13H2,1H3,(H,26,27,28,29). The highest BCUT2D eigenvalue weighted by molar-refractivity contribution is 5.98. The van der Waals surface area contributed by atoms with Gasteiger partial charge in [-0.15, -0.1) is 5.10 Å². The second kappa shape index (κ2) is 7.94. The summed E-state index contributed by atoms with van der Waals surface area (Å²) in [6.45, 7) is 0. The zero-order valence-corrected chi connectivity index (χ0v) is 16.7. The van der Waals surface area contributed by atoms with Gasteiger partial charge in [0.05, 0.1) is 19.2 Å². The number of aromatic amines is 2. The van der Waals surface area contributed by atoms with Crippen molar-refractivity contribution in [2.24, 2.45) is 4.99 Å². The van der Waals surface area contributed by atoms with Gasteiger partial charge in [-0.25, -0.2) is 5.10 Å². The van der Waals surface area contributed by atoms with E-state index in [1.165, 1.54) is 22.2 Å². The van der Waals surface area contributed by atoms with E-state index in [-0.39, 0.29) is 0 Å². The fraction of sp³-hybridized carbons (Fsp3) is 0.217. The number of nitrogens with one attached hydrogen (secondary N) is 2. The van der Waals surface area contributed by atoms with E-state index in [1.54, 1.807) is 7.11 Å². The van der Waals surface area contributed by atoms with Crippen molar-refractivity contribution in [3.05, 3.63) is 71.7 Å². The van der Waals surface area contributed by atoms with Crippen molar-refractivity contribution >= 4 is 16.6 Å². The van der Waals surface area contributed by atoms with Crippen LogP contribution in [0.4, 0.5) is 0 Å². The molecule has 3 heterocycles. The van der Waals surface area contributed by atoms with E-state index in [4.69, 9.17) is 9.73 Å². The van der Waals surface area contributed by atoms with Gasteiger partial charge in [-0.2, -0.15) is 0 Å². The number of hydrogen-bond acceptors (Lipinski definition) is 5. The first-order valence-corrected chi connectivity index (χ1v) is 10.0. The second-order valence-corrected chi connectivity index (χ2v) is 7.37. The Bertz CT molecular complexity index is 1220. The lowest BCUT2D eigenvalue weighted by Crippen LogP contribution is -2.09. The molecule has 2 aromatic heterocycles. The highest BCUT2D eigenvalue weighted by Crippen LogP contribution is 2.33. The van der Waals surface area contributed by atoms with Crippen LogP contribution >= 0.6 is 0 Å². The fourth-order valence-electron chi connectivity index (χ4n) is 3.98. The van der Waals surface area contributed by atoms with E-state index >= 15 is 0 Å². The minimum Gasteiger partial charge on any atom is -0.497 e. The summed E-state index contributed by atoms with van der Waals surface area (Å²) in [5.41, 5.74) is 6.83. The number of hydrogen-bond donors (Lipinski definition) is 2. The topological polar surface area (TPSA) is 91.8 Å². The number of aliphatic imine (C=N–C) groups is 1. The average Bonchev–Trinajstić information content (AvgIpc) is 3.42. The molecule has 7 heteroatoms. The van der Waals surface area contributed by atoms with Gasteiger partial charge in [0.25, 0.3) is 0 Å². The Labute approximate surface area is 173 Å². The van der Waals surface area contributed by atoms with E-state index in [0.717, 1.165) is 47.7 Å². The van der Waals surface area contributed by atoms with Gasteiger partial charge < -0.3 is 9.72 Å². The Kier molecular flexibility index (Phi) is 4.85. The number of aromatic nitrogens is 5. The molecule has 0 aliphatic carbocycles. The number of nitrogens with zero attached hydrogens (tertiary/aromatic N) is 4. The molecule has 1 aliphatic heterocycles. The largest absolute Gasteiger partial charge is 0.497 e. The number of tetrazole rings is 1. The number of ether oxygens (including phenoxy) is 1. The lowest BCUT2D eigenvalue weighted by molar-refractivity contribution is 0.415. The fourth-order valence-corrected chi connectivity index (χ4v) is 3.98. The molecule has 0 saturated carbocycles. The molecule has 4 aromatic rings. The predicted molar refractivity (Wildman–Crippen MR) is 117 cm³/mol. The van der Waals surface area contributed by atoms with Crippen LogP contribution in [0, 0.1) is 0 Å². The van der Waals surface area contributed by atoms with E-state index in [9.17, 15) is 0 Å². The maximum Gasteiger partial charge on any atom is 0.154 e. The van der Waals surface area contributed by atoms with Gasteiger partial charge in [-0.05, 0) is 46.5 Å². The zero-order chi connectivity index (χ0) is 20.3. The highest BCUT2D eigenvalue weighted by Gasteiger charge is 2.18. The van der Waals surface area contributed by atoms with Crippen LogP contribution < -0.4 is 4.74 Å². The Hall–Kier alpha value is -3.74. The maximum atomic E-state index is 5.42. The average molecular weight is 398 g/mol. The van der Waals surface area contributed by atoms with Crippen molar-refractivity contribution < 1.29 is 4.74 Å². The molecule has 0 bridgehead atoms. The molecular weight excluding hydrogens is 376 g/mol. The molecule has 0 fully saturated rings. The van der Waals surface area contributed by atoms with Crippen LogP contribution in [-0.2, 0) is 12.8 Å². The molecule has 30 heavy (non-hydrogen) atoms. The Balaban J connectivity index is 1.53. The monoisotopic (exact) mass is 398 g/mol. The van der Waals surface area contributed by atoms with E-state index < -0.39 is 0 Å². The molecule has 150 valence electrons. The molecule has 2 N–H and O–H groups in total. The quantitative estimate of drug-likeness (QED) is 0.508. The normalized spacial score (nSPS) is 13.9. The van der Waals surface area contributed by atoms with Gasteiger partial charge >= 0.3 is 0 Å². The maximum absolute atomic E-state index is 5.42. The molecule has 0 saturated heterocycles. The number of methoxy groups -OCH3 is 1. The van der Waals surface area contributed by atoms with E-state index in [2.05, 4.69) is 68.1 Å². The van der Waals surface area contributed by atoms with E-state index in [0.29, 0.717) is 6.42 Å². The summed E-state index contributed by atoms with van der Waals surface area (Å²) in [5, 5.41) is 15.3. The summed E-state index contributed by atoms with van der Waals surface area (Å²) < 4.78 is 5.42. The predicted octanol–water partition coefficient (Wildman–Crippen LogP) is 4.26. The van der Waals surface area contributed by atoms with Gasteiger partial charge in [0.2, 0.25) is 0 Å². The molecule has 0 unspecified atom stereocenters. The number of H-pyrrole nitrogens is 2. The van der Waals surface area contributed by atoms with Crippen molar-refractivity contribution in [2.45, 2.75) is 25.7 Å². The van der Waals surface area contributed by atoms with Crippen molar-refractivity contribution in [1.82, 2.24) is 25.6 Å². The Morgan fingerprint density at radius 3 is 2.77 bits per heavy atom. The summed E-state index contributed by atoms with van der Waals surface area (Å²) >= 11 is 0. The highest BCUT2D eigenvalue weighted by atomic mass is 16.5. The van der Waals surface area contributed by atoms with E-state index in [1.807, 2.05) is 12.1 Å². The molecular formula is C23H22N6O. The summed E-state index contributed by atoms with van der Waals surface area (Å²) in [6, 6.07) is 16.6. The smallest absolute Gasteiger partial charge is 0.154 e. The summed E-state index contributed by atoms with van der Waals surface area (Å²) in [7, 11) is 1.69. The van der Waals surface area contributed by atoms with Crippen LogP contribution in [0.25, 0.3) is 22.2 Å². The first kappa shape index (κ1) is 18.3. The first-order chi connectivity index (χ1) is 14.8. The van der Waals surface area contributed by atoms with Crippen LogP contribution in [0.5, 0.6) is 5.75 Å². The molecule has 2 aromatic carbocycles. The van der Waals surface area contributed by atoms with Gasteiger partial charge in [0.1, 0.15) is 5.75 Å². The third-order valence-electron chi connectivity index (χ3n) is 5.41. The number of allylic oxidation sites excluding steroid dienone is 2. The molecule has 5 rings (SSSR count). The summed E-state index contributed by atoms with van der Waals surface area (Å²) in [5.74, 6) is 1.58.